The Kier molecular flexibility index (Phi) is 4.36. The topological polar surface area (TPSA) is 46.2 Å². The molecule has 2 aromatic rings. The van der Waals surface area contributed by atoms with E-state index in [1.54, 1.807) is 12.1 Å². The third kappa shape index (κ3) is 3.13. The third-order valence-electron chi connectivity index (χ3n) is 2.61. The Hall–Kier alpha value is -1.11. The zero-order valence-electron chi connectivity index (χ0n) is 10.3. The maximum Gasteiger partial charge on any atom is 0.261 e. The van der Waals surface area contributed by atoms with Crippen molar-refractivity contribution in [2.75, 3.05) is 4.72 Å². The smallest absolute Gasteiger partial charge is 0.261 e. The van der Waals surface area contributed by atoms with Gasteiger partial charge in [0.2, 0.25) is 0 Å². The number of nitrogens with one attached hydrogen (secondary N) is 1. The molecule has 2 rings (SSSR count). The summed E-state index contributed by atoms with van der Waals surface area (Å²) in [5.41, 5.74) is 0.737. The SMILES string of the molecule is Cc1ccc(S(=O)(=O)Nc2ccc(Br)c(Cl)c2F)cc1. The van der Waals surface area contributed by atoms with E-state index >= 15 is 0 Å². The monoisotopic (exact) mass is 377 g/mol. The van der Waals surface area contributed by atoms with Gasteiger partial charge in [0.05, 0.1) is 15.6 Å². The molecule has 0 saturated heterocycles. The molecule has 0 amide bonds. The van der Waals surface area contributed by atoms with Crippen molar-refractivity contribution in [3.8, 4) is 0 Å². The van der Waals surface area contributed by atoms with Gasteiger partial charge in [-0.2, -0.15) is 0 Å². The molecule has 7 heteroatoms. The normalized spacial score (nSPS) is 11.4. The van der Waals surface area contributed by atoms with Crippen LogP contribution in [0.1, 0.15) is 5.56 Å². The lowest BCUT2D eigenvalue weighted by atomic mass is 10.2. The average molecular weight is 379 g/mol. The fraction of sp³-hybridized carbons (Fsp3) is 0.0769. The summed E-state index contributed by atoms with van der Waals surface area (Å²) < 4.78 is 40.7. The molecule has 0 radical (unpaired) electrons. The highest BCUT2D eigenvalue weighted by Crippen LogP contribution is 2.31. The Bertz CT molecular complexity index is 748. The second-order valence-electron chi connectivity index (χ2n) is 4.14. The van der Waals surface area contributed by atoms with Crippen molar-refractivity contribution >= 4 is 43.2 Å². The summed E-state index contributed by atoms with van der Waals surface area (Å²) in [5.74, 6) is -0.822. The number of sulfonamides is 1. The highest BCUT2D eigenvalue weighted by Gasteiger charge is 2.18. The van der Waals surface area contributed by atoms with Crippen LogP contribution in [0.2, 0.25) is 5.02 Å². The molecule has 0 saturated carbocycles. The van der Waals surface area contributed by atoms with Crippen molar-refractivity contribution in [1.82, 2.24) is 0 Å². The largest absolute Gasteiger partial charge is 0.277 e. The van der Waals surface area contributed by atoms with Crippen LogP contribution < -0.4 is 4.72 Å². The Morgan fingerprint density at radius 1 is 1.15 bits per heavy atom. The summed E-state index contributed by atoms with van der Waals surface area (Å²) in [6.45, 7) is 1.85. The minimum atomic E-state index is -3.85. The molecule has 106 valence electrons. The van der Waals surface area contributed by atoms with E-state index in [0.29, 0.717) is 4.47 Å². The lowest BCUT2D eigenvalue weighted by Crippen LogP contribution is -2.14. The molecular formula is C13H10BrClFNO2S. The summed E-state index contributed by atoms with van der Waals surface area (Å²) in [5, 5.41) is -0.172. The molecular weight excluding hydrogens is 369 g/mol. The Morgan fingerprint density at radius 3 is 2.35 bits per heavy atom. The first-order valence-corrected chi connectivity index (χ1v) is 8.19. The molecule has 0 bridgehead atoms. The van der Waals surface area contributed by atoms with Crippen molar-refractivity contribution < 1.29 is 12.8 Å². The lowest BCUT2D eigenvalue weighted by Gasteiger charge is -2.10. The molecule has 0 aliphatic rings. The van der Waals surface area contributed by atoms with E-state index in [4.69, 9.17) is 11.6 Å². The van der Waals surface area contributed by atoms with Crippen LogP contribution in [0.25, 0.3) is 0 Å². The van der Waals surface area contributed by atoms with Crippen LogP contribution in [0, 0.1) is 12.7 Å². The molecule has 0 aliphatic carbocycles. The fourth-order valence-electron chi connectivity index (χ4n) is 1.53. The summed E-state index contributed by atoms with van der Waals surface area (Å²) in [7, 11) is -3.85. The van der Waals surface area contributed by atoms with Crippen molar-refractivity contribution in [3.05, 3.63) is 57.3 Å². The van der Waals surface area contributed by atoms with E-state index in [0.717, 1.165) is 5.56 Å². The standard InChI is InChI=1S/C13H10BrClFNO2S/c1-8-2-4-9(5-3-8)20(18,19)17-11-7-6-10(14)12(15)13(11)16/h2-7,17H,1H3. The minimum absolute atomic E-state index is 0.0570. The number of benzene rings is 2. The fourth-order valence-corrected chi connectivity index (χ4v) is 3.06. The number of anilines is 1. The van der Waals surface area contributed by atoms with E-state index in [9.17, 15) is 12.8 Å². The first-order valence-electron chi connectivity index (χ1n) is 5.54. The first-order chi connectivity index (χ1) is 9.31. The van der Waals surface area contributed by atoms with Crippen LogP contribution in [0.4, 0.5) is 10.1 Å². The van der Waals surface area contributed by atoms with Gasteiger partial charge in [-0.1, -0.05) is 29.3 Å². The van der Waals surface area contributed by atoms with Gasteiger partial charge in [-0.15, -0.1) is 0 Å². The lowest BCUT2D eigenvalue weighted by molar-refractivity contribution is 0.598. The van der Waals surface area contributed by atoms with Crippen molar-refractivity contribution in [2.45, 2.75) is 11.8 Å². The minimum Gasteiger partial charge on any atom is -0.277 e. The van der Waals surface area contributed by atoms with Gasteiger partial charge in [-0.3, -0.25) is 4.72 Å². The highest BCUT2D eigenvalue weighted by molar-refractivity contribution is 9.10. The number of rotatable bonds is 3. The van der Waals surface area contributed by atoms with Crippen molar-refractivity contribution in [1.29, 1.82) is 0 Å². The summed E-state index contributed by atoms with van der Waals surface area (Å²) in [6.07, 6.45) is 0. The average Bonchev–Trinajstić information content (AvgIpc) is 2.40. The van der Waals surface area contributed by atoms with Crippen molar-refractivity contribution in [3.63, 3.8) is 0 Å². The molecule has 3 nitrogen and oxygen atoms in total. The van der Waals surface area contributed by atoms with E-state index in [1.807, 2.05) is 6.92 Å². The highest BCUT2D eigenvalue weighted by atomic mass is 79.9. The molecule has 0 spiro atoms. The summed E-state index contributed by atoms with van der Waals surface area (Å²) in [6, 6.07) is 9.01. The second-order valence-corrected chi connectivity index (χ2v) is 7.06. The summed E-state index contributed by atoms with van der Waals surface area (Å²) >= 11 is 8.79. The van der Waals surface area contributed by atoms with Gasteiger partial charge in [0.1, 0.15) is 0 Å². The van der Waals surface area contributed by atoms with Gasteiger partial charge in [0.15, 0.2) is 5.82 Å². The number of hydrogen-bond donors (Lipinski definition) is 1. The molecule has 2 aromatic carbocycles. The van der Waals surface area contributed by atoms with Crippen LogP contribution in [-0.4, -0.2) is 8.42 Å². The first kappa shape index (κ1) is 15.3. The molecule has 0 unspecified atom stereocenters. The molecule has 20 heavy (non-hydrogen) atoms. The third-order valence-corrected chi connectivity index (χ3v) is 5.25. The summed E-state index contributed by atoms with van der Waals surface area (Å²) in [4.78, 5) is 0.0570. The van der Waals surface area contributed by atoms with Gasteiger partial charge in [0.25, 0.3) is 10.0 Å². The number of hydrogen-bond acceptors (Lipinski definition) is 2. The predicted octanol–water partition coefficient (Wildman–Crippen LogP) is 4.35. The number of halogens is 3. The van der Waals surface area contributed by atoms with Crippen LogP contribution in [0.15, 0.2) is 45.8 Å². The Balaban J connectivity index is 2.38. The zero-order valence-corrected chi connectivity index (χ0v) is 13.5. The molecule has 0 heterocycles. The molecule has 0 atom stereocenters. The van der Waals surface area contributed by atoms with E-state index in [-0.39, 0.29) is 15.6 Å². The maximum atomic E-state index is 13.9. The van der Waals surface area contributed by atoms with Gasteiger partial charge in [-0.05, 0) is 47.1 Å². The van der Waals surface area contributed by atoms with Crippen LogP contribution in [0.5, 0.6) is 0 Å². The maximum absolute atomic E-state index is 13.9. The van der Waals surface area contributed by atoms with Gasteiger partial charge in [-0.25, -0.2) is 12.8 Å². The van der Waals surface area contributed by atoms with E-state index in [1.165, 1.54) is 24.3 Å². The molecule has 1 N–H and O–H groups in total. The van der Waals surface area contributed by atoms with Crippen LogP contribution in [-0.2, 0) is 10.0 Å². The predicted molar refractivity (Wildman–Crippen MR) is 81.1 cm³/mol. The van der Waals surface area contributed by atoms with E-state index < -0.39 is 15.8 Å². The van der Waals surface area contributed by atoms with Crippen LogP contribution >= 0.6 is 27.5 Å². The Morgan fingerprint density at radius 2 is 1.75 bits per heavy atom. The zero-order chi connectivity index (χ0) is 14.9. The van der Waals surface area contributed by atoms with Crippen molar-refractivity contribution in [2.24, 2.45) is 0 Å². The van der Waals surface area contributed by atoms with Crippen LogP contribution in [0.3, 0.4) is 0 Å². The quantitative estimate of drug-likeness (QED) is 0.807. The second kappa shape index (κ2) is 5.71. The van der Waals surface area contributed by atoms with Gasteiger partial charge >= 0.3 is 0 Å². The Labute approximate surface area is 130 Å². The van der Waals surface area contributed by atoms with Gasteiger partial charge in [0, 0.05) is 4.47 Å². The van der Waals surface area contributed by atoms with Gasteiger partial charge < -0.3 is 0 Å². The molecule has 0 aliphatic heterocycles. The number of aryl methyl sites for hydroxylation is 1. The molecule has 0 aromatic heterocycles. The van der Waals surface area contributed by atoms with E-state index in [2.05, 4.69) is 20.7 Å². The molecule has 0 fully saturated rings.